The van der Waals surface area contributed by atoms with Gasteiger partial charge in [-0.3, -0.25) is 4.79 Å². The summed E-state index contributed by atoms with van der Waals surface area (Å²) in [6, 6.07) is 6.30. The number of amides is 1. The summed E-state index contributed by atoms with van der Waals surface area (Å²) in [7, 11) is -3.48. The maximum absolute atomic E-state index is 12.7. The summed E-state index contributed by atoms with van der Waals surface area (Å²) in [6.07, 6.45) is 6.04. The number of nitrogens with one attached hydrogen (secondary N) is 1. The Bertz CT molecular complexity index is 641. The Morgan fingerprint density at radius 3 is 2.54 bits per heavy atom. The molecule has 1 aliphatic rings. The second kappa shape index (κ2) is 8.62. The van der Waals surface area contributed by atoms with Crippen LogP contribution in [0.3, 0.4) is 0 Å². The van der Waals surface area contributed by atoms with Gasteiger partial charge in [0.1, 0.15) is 0 Å². The Hall–Kier alpha value is -1.40. The summed E-state index contributed by atoms with van der Waals surface area (Å²) in [5, 5.41) is 2.86. The van der Waals surface area contributed by atoms with Crippen molar-refractivity contribution < 1.29 is 13.2 Å². The first-order chi connectivity index (χ1) is 11.5. The molecule has 1 saturated heterocycles. The van der Waals surface area contributed by atoms with E-state index in [4.69, 9.17) is 0 Å². The van der Waals surface area contributed by atoms with Gasteiger partial charge in [-0.15, -0.1) is 0 Å². The maximum Gasteiger partial charge on any atom is 0.251 e. The summed E-state index contributed by atoms with van der Waals surface area (Å²) < 4.78 is 27.1. The SMILES string of the molecule is CCCCCNC(=O)c1ccc(S(=O)(=O)N2CCCCC2C)cc1. The van der Waals surface area contributed by atoms with Gasteiger partial charge in [-0.05, 0) is 50.5 Å². The van der Waals surface area contributed by atoms with Gasteiger partial charge in [0.2, 0.25) is 10.0 Å². The third-order valence-electron chi connectivity index (χ3n) is 4.53. The van der Waals surface area contributed by atoms with Crippen molar-refractivity contribution >= 4 is 15.9 Å². The lowest BCUT2D eigenvalue weighted by atomic mass is 10.1. The highest BCUT2D eigenvalue weighted by Gasteiger charge is 2.30. The van der Waals surface area contributed by atoms with Gasteiger partial charge in [-0.25, -0.2) is 8.42 Å². The number of carbonyl (C=O) groups is 1. The fourth-order valence-electron chi connectivity index (χ4n) is 3.02. The van der Waals surface area contributed by atoms with Crippen LogP contribution in [0.25, 0.3) is 0 Å². The van der Waals surface area contributed by atoms with E-state index in [1.165, 1.54) is 12.1 Å². The van der Waals surface area contributed by atoms with E-state index in [-0.39, 0.29) is 16.8 Å². The number of hydrogen-bond acceptors (Lipinski definition) is 3. The van der Waals surface area contributed by atoms with Gasteiger partial charge in [0.05, 0.1) is 4.90 Å². The van der Waals surface area contributed by atoms with E-state index in [1.54, 1.807) is 16.4 Å². The molecule has 1 unspecified atom stereocenters. The molecule has 1 aromatic carbocycles. The molecule has 0 aliphatic carbocycles. The second-order valence-electron chi connectivity index (χ2n) is 6.45. The van der Waals surface area contributed by atoms with Crippen molar-refractivity contribution in [3.8, 4) is 0 Å². The average molecular weight is 353 g/mol. The Morgan fingerprint density at radius 2 is 1.92 bits per heavy atom. The van der Waals surface area contributed by atoms with Gasteiger partial charge in [-0.1, -0.05) is 26.2 Å². The molecule has 1 heterocycles. The first kappa shape index (κ1) is 18.9. The van der Waals surface area contributed by atoms with Crippen LogP contribution in [0.15, 0.2) is 29.2 Å². The minimum atomic E-state index is -3.48. The zero-order valence-electron chi connectivity index (χ0n) is 14.6. The van der Waals surface area contributed by atoms with Crippen LogP contribution < -0.4 is 5.32 Å². The molecule has 1 aliphatic heterocycles. The molecule has 0 radical (unpaired) electrons. The van der Waals surface area contributed by atoms with Gasteiger partial charge >= 0.3 is 0 Å². The molecule has 0 saturated carbocycles. The van der Waals surface area contributed by atoms with Gasteiger partial charge in [0.15, 0.2) is 0 Å². The molecule has 0 aromatic heterocycles. The predicted molar refractivity (Wildman–Crippen MR) is 95.5 cm³/mol. The lowest BCUT2D eigenvalue weighted by molar-refractivity contribution is 0.0953. The van der Waals surface area contributed by atoms with E-state index < -0.39 is 10.0 Å². The minimum absolute atomic E-state index is 0.0327. The minimum Gasteiger partial charge on any atom is -0.352 e. The van der Waals surface area contributed by atoms with Crippen LogP contribution in [0.4, 0.5) is 0 Å². The quantitative estimate of drug-likeness (QED) is 0.767. The van der Waals surface area contributed by atoms with Gasteiger partial charge in [-0.2, -0.15) is 4.31 Å². The van der Waals surface area contributed by atoms with Crippen LogP contribution in [0.5, 0.6) is 0 Å². The molecule has 1 atom stereocenters. The first-order valence-corrected chi connectivity index (χ1v) is 10.3. The van der Waals surface area contributed by atoms with Crippen LogP contribution in [0.2, 0.25) is 0 Å². The number of unbranched alkanes of at least 4 members (excludes halogenated alkanes) is 2. The molecular formula is C18H28N2O3S. The largest absolute Gasteiger partial charge is 0.352 e. The van der Waals surface area contributed by atoms with E-state index in [0.717, 1.165) is 38.5 Å². The Kier molecular flexibility index (Phi) is 6.80. The van der Waals surface area contributed by atoms with Crippen LogP contribution in [0, 0.1) is 0 Å². The van der Waals surface area contributed by atoms with Gasteiger partial charge < -0.3 is 5.32 Å². The number of hydrogen-bond donors (Lipinski definition) is 1. The summed E-state index contributed by atoms with van der Waals surface area (Å²) >= 11 is 0. The molecule has 6 heteroatoms. The topological polar surface area (TPSA) is 66.5 Å². The number of rotatable bonds is 7. The number of benzene rings is 1. The summed E-state index contributed by atoms with van der Waals surface area (Å²) in [4.78, 5) is 12.3. The maximum atomic E-state index is 12.7. The average Bonchev–Trinajstić information content (AvgIpc) is 2.59. The number of carbonyl (C=O) groups excluding carboxylic acids is 1. The van der Waals surface area contributed by atoms with E-state index in [0.29, 0.717) is 18.7 Å². The zero-order chi connectivity index (χ0) is 17.6. The van der Waals surface area contributed by atoms with E-state index in [9.17, 15) is 13.2 Å². The van der Waals surface area contributed by atoms with Crippen molar-refractivity contribution in [2.45, 2.75) is 63.3 Å². The predicted octanol–water partition coefficient (Wildman–Crippen LogP) is 3.17. The van der Waals surface area contributed by atoms with Crippen LogP contribution in [-0.2, 0) is 10.0 Å². The van der Waals surface area contributed by atoms with Crippen molar-refractivity contribution in [2.24, 2.45) is 0 Å². The van der Waals surface area contributed by atoms with Crippen molar-refractivity contribution in [2.75, 3.05) is 13.1 Å². The molecule has 2 rings (SSSR count). The fourth-order valence-corrected chi connectivity index (χ4v) is 4.72. The summed E-state index contributed by atoms with van der Waals surface area (Å²) in [5.41, 5.74) is 0.497. The highest BCUT2D eigenvalue weighted by atomic mass is 32.2. The fraction of sp³-hybridized carbons (Fsp3) is 0.611. The number of piperidine rings is 1. The normalized spacial score (nSPS) is 19.2. The molecule has 1 fully saturated rings. The van der Waals surface area contributed by atoms with Gasteiger partial charge in [0.25, 0.3) is 5.91 Å². The number of nitrogens with zero attached hydrogens (tertiary/aromatic N) is 1. The monoisotopic (exact) mass is 352 g/mol. The van der Waals surface area contributed by atoms with E-state index >= 15 is 0 Å². The van der Waals surface area contributed by atoms with Crippen molar-refractivity contribution in [3.05, 3.63) is 29.8 Å². The van der Waals surface area contributed by atoms with E-state index in [2.05, 4.69) is 12.2 Å². The zero-order valence-corrected chi connectivity index (χ0v) is 15.4. The third kappa shape index (κ3) is 4.57. The molecule has 1 N–H and O–H groups in total. The highest BCUT2D eigenvalue weighted by Crippen LogP contribution is 2.25. The lowest BCUT2D eigenvalue weighted by Gasteiger charge is -2.32. The van der Waals surface area contributed by atoms with Crippen LogP contribution >= 0.6 is 0 Å². The van der Waals surface area contributed by atoms with Crippen molar-refractivity contribution in [1.29, 1.82) is 0 Å². The lowest BCUT2D eigenvalue weighted by Crippen LogP contribution is -2.41. The molecule has 134 valence electrons. The molecule has 1 amide bonds. The second-order valence-corrected chi connectivity index (χ2v) is 8.34. The van der Waals surface area contributed by atoms with Crippen molar-refractivity contribution in [3.63, 3.8) is 0 Å². The highest BCUT2D eigenvalue weighted by molar-refractivity contribution is 7.89. The van der Waals surface area contributed by atoms with Crippen molar-refractivity contribution in [1.82, 2.24) is 9.62 Å². The summed E-state index contributed by atoms with van der Waals surface area (Å²) in [5.74, 6) is -0.151. The van der Waals surface area contributed by atoms with E-state index in [1.807, 2.05) is 6.92 Å². The first-order valence-electron chi connectivity index (χ1n) is 8.87. The Labute approximate surface area is 145 Å². The number of sulfonamides is 1. The molecule has 0 bridgehead atoms. The molecule has 5 nitrogen and oxygen atoms in total. The molecular weight excluding hydrogens is 324 g/mol. The molecule has 1 aromatic rings. The molecule has 0 spiro atoms. The van der Waals surface area contributed by atoms with Crippen LogP contribution in [-0.4, -0.2) is 37.8 Å². The third-order valence-corrected chi connectivity index (χ3v) is 6.56. The smallest absolute Gasteiger partial charge is 0.251 e. The standard InChI is InChI=1S/C18H28N2O3S/c1-3-4-6-13-19-18(21)16-9-11-17(12-10-16)24(22,23)20-14-7-5-8-15(20)2/h9-12,15H,3-8,13-14H2,1-2H3,(H,19,21). The van der Waals surface area contributed by atoms with Gasteiger partial charge in [0, 0.05) is 24.7 Å². The van der Waals surface area contributed by atoms with Crippen LogP contribution in [0.1, 0.15) is 62.7 Å². The Balaban J connectivity index is 2.04. The Morgan fingerprint density at radius 1 is 1.21 bits per heavy atom. The summed E-state index contributed by atoms with van der Waals surface area (Å²) in [6.45, 7) is 5.29. The molecule has 24 heavy (non-hydrogen) atoms.